The third-order valence-electron chi connectivity index (χ3n) is 4.69. The van der Waals surface area contributed by atoms with Gasteiger partial charge in [-0.3, -0.25) is 0 Å². The van der Waals surface area contributed by atoms with Gasteiger partial charge in [0.05, 0.1) is 17.8 Å². The zero-order valence-electron chi connectivity index (χ0n) is 14.1. The van der Waals surface area contributed by atoms with Crippen LogP contribution in [0.1, 0.15) is 35.8 Å². The van der Waals surface area contributed by atoms with E-state index in [4.69, 9.17) is 0 Å². The summed E-state index contributed by atoms with van der Waals surface area (Å²) in [5.74, 6) is -0.590. The molecule has 3 aromatic rings. The van der Waals surface area contributed by atoms with Crippen LogP contribution >= 0.6 is 0 Å². The Balaban J connectivity index is 1.81. The highest BCUT2D eigenvalue weighted by Crippen LogP contribution is 2.35. The standard InChI is InChI=1S/C21H19F3O2/c1-13(19(25)15-8-10-18(11-9-15)21(22,23)24)20(26)17-7-6-14-4-2-3-5-16(14)12-17/h2-13,19-20,25-26H,1H3/t13-,19-,20-/m0/s1. The van der Waals surface area contributed by atoms with Crippen molar-refractivity contribution in [1.82, 2.24) is 0 Å². The van der Waals surface area contributed by atoms with Gasteiger partial charge >= 0.3 is 6.18 Å². The normalized spacial score (nSPS) is 15.6. The van der Waals surface area contributed by atoms with Crippen molar-refractivity contribution in [2.45, 2.75) is 25.3 Å². The molecule has 2 nitrogen and oxygen atoms in total. The van der Waals surface area contributed by atoms with Crippen molar-refractivity contribution in [3.05, 3.63) is 83.4 Å². The molecule has 26 heavy (non-hydrogen) atoms. The minimum absolute atomic E-state index is 0.338. The fourth-order valence-electron chi connectivity index (χ4n) is 3.04. The first kappa shape index (κ1) is 18.4. The Bertz CT molecular complexity index is 888. The van der Waals surface area contributed by atoms with Gasteiger partial charge in [0, 0.05) is 5.92 Å². The second-order valence-corrected chi connectivity index (χ2v) is 6.48. The number of hydrogen-bond donors (Lipinski definition) is 2. The number of halogens is 3. The lowest BCUT2D eigenvalue weighted by Gasteiger charge is -2.25. The van der Waals surface area contributed by atoms with Crippen LogP contribution < -0.4 is 0 Å². The molecule has 136 valence electrons. The zero-order chi connectivity index (χ0) is 18.9. The maximum absolute atomic E-state index is 12.7. The quantitative estimate of drug-likeness (QED) is 0.666. The van der Waals surface area contributed by atoms with E-state index in [0.717, 1.165) is 22.9 Å². The molecule has 0 amide bonds. The first-order valence-electron chi connectivity index (χ1n) is 8.29. The predicted molar refractivity (Wildman–Crippen MR) is 94.5 cm³/mol. The molecule has 0 aliphatic rings. The number of aliphatic hydroxyl groups is 2. The third kappa shape index (κ3) is 3.74. The summed E-state index contributed by atoms with van der Waals surface area (Å²) < 4.78 is 38.0. The third-order valence-corrected chi connectivity index (χ3v) is 4.69. The monoisotopic (exact) mass is 360 g/mol. The molecule has 3 rings (SSSR count). The maximum atomic E-state index is 12.7. The van der Waals surface area contributed by atoms with Crippen LogP contribution in [-0.2, 0) is 6.18 Å². The summed E-state index contributed by atoms with van der Waals surface area (Å²) >= 11 is 0. The second kappa shape index (κ2) is 7.09. The molecule has 0 fully saturated rings. The summed E-state index contributed by atoms with van der Waals surface area (Å²) in [4.78, 5) is 0. The van der Waals surface area contributed by atoms with Crippen molar-refractivity contribution >= 4 is 10.8 Å². The topological polar surface area (TPSA) is 40.5 Å². The van der Waals surface area contributed by atoms with Crippen molar-refractivity contribution in [2.24, 2.45) is 5.92 Å². The maximum Gasteiger partial charge on any atom is 0.416 e. The van der Waals surface area contributed by atoms with Crippen LogP contribution in [0.5, 0.6) is 0 Å². The molecule has 0 saturated heterocycles. The molecule has 0 bridgehead atoms. The molecule has 3 aromatic carbocycles. The fourth-order valence-corrected chi connectivity index (χ4v) is 3.04. The van der Waals surface area contributed by atoms with Gasteiger partial charge in [-0.25, -0.2) is 0 Å². The van der Waals surface area contributed by atoms with Crippen molar-refractivity contribution in [1.29, 1.82) is 0 Å². The molecule has 2 N–H and O–H groups in total. The highest BCUT2D eigenvalue weighted by molar-refractivity contribution is 5.83. The molecule has 0 aromatic heterocycles. The van der Waals surface area contributed by atoms with Gasteiger partial charge in [-0.1, -0.05) is 55.5 Å². The van der Waals surface area contributed by atoms with E-state index in [1.807, 2.05) is 36.4 Å². The van der Waals surface area contributed by atoms with Crippen LogP contribution in [0.15, 0.2) is 66.7 Å². The Morgan fingerprint density at radius 3 is 1.88 bits per heavy atom. The van der Waals surface area contributed by atoms with Gasteiger partial charge in [-0.05, 0) is 40.1 Å². The average molecular weight is 360 g/mol. The zero-order valence-corrected chi connectivity index (χ0v) is 14.1. The summed E-state index contributed by atoms with van der Waals surface area (Å²) in [5.41, 5.74) is 0.226. The van der Waals surface area contributed by atoms with Gasteiger partial charge in [0.15, 0.2) is 0 Å². The summed E-state index contributed by atoms with van der Waals surface area (Å²) in [7, 11) is 0. The summed E-state index contributed by atoms with van der Waals surface area (Å²) in [6.45, 7) is 1.67. The lowest BCUT2D eigenvalue weighted by atomic mass is 9.88. The number of fused-ring (bicyclic) bond motifs is 1. The highest BCUT2D eigenvalue weighted by Gasteiger charge is 2.31. The van der Waals surface area contributed by atoms with E-state index in [9.17, 15) is 23.4 Å². The number of benzene rings is 3. The van der Waals surface area contributed by atoms with E-state index in [0.29, 0.717) is 11.1 Å². The minimum atomic E-state index is -4.42. The fraction of sp³-hybridized carbons (Fsp3) is 0.238. The number of aliphatic hydroxyl groups excluding tert-OH is 2. The molecule has 0 aliphatic carbocycles. The van der Waals surface area contributed by atoms with Gasteiger partial charge in [-0.2, -0.15) is 13.2 Å². The van der Waals surface area contributed by atoms with Crippen LogP contribution in [0, 0.1) is 5.92 Å². The van der Waals surface area contributed by atoms with Crippen LogP contribution in [0.3, 0.4) is 0 Å². The van der Waals surface area contributed by atoms with E-state index < -0.39 is 29.9 Å². The molecule has 0 aliphatic heterocycles. The van der Waals surface area contributed by atoms with E-state index in [1.54, 1.807) is 13.0 Å². The Kier molecular flexibility index (Phi) is 5.03. The molecule has 3 atom stereocenters. The molecule has 0 heterocycles. The largest absolute Gasteiger partial charge is 0.416 e. The van der Waals surface area contributed by atoms with E-state index in [2.05, 4.69) is 0 Å². The van der Waals surface area contributed by atoms with Crippen molar-refractivity contribution < 1.29 is 23.4 Å². The van der Waals surface area contributed by atoms with Crippen molar-refractivity contribution in [2.75, 3.05) is 0 Å². The van der Waals surface area contributed by atoms with E-state index in [1.165, 1.54) is 12.1 Å². The Labute approximate surface area is 149 Å². The molecular formula is C21H19F3O2. The molecule has 0 radical (unpaired) electrons. The highest BCUT2D eigenvalue weighted by atomic mass is 19.4. The molecule has 5 heteroatoms. The second-order valence-electron chi connectivity index (χ2n) is 6.48. The van der Waals surface area contributed by atoms with Gasteiger partial charge < -0.3 is 10.2 Å². The van der Waals surface area contributed by atoms with Crippen LogP contribution in [0.2, 0.25) is 0 Å². The van der Waals surface area contributed by atoms with Crippen LogP contribution in [0.4, 0.5) is 13.2 Å². The first-order valence-corrected chi connectivity index (χ1v) is 8.29. The number of rotatable bonds is 4. The SMILES string of the molecule is C[C@@H]([C@H](O)c1ccc(C(F)(F)F)cc1)[C@H](O)c1ccc2ccccc2c1. The Morgan fingerprint density at radius 1 is 0.731 bits per heavy atom. The molecular weight excluding hydrogens is 341 g/mol. The lowest BCUT2D eigenvalue weighted by Crippen LogP contribution is -2.18. The van der Waals surface area contributed by atoms with Gasteiger partial charge in [0.25, 0.3) is 0 Å². The molecule has 0 saturated carbocycles. The number of alkyl halides is 3. The summed E-state index contributed by atoms with van der Waals surface area (Å²) in [5, 5.41) is 23.1. The van der Waals surface area contributed by atoms with Crippen molar-refractivity contribution in [3.63, 3.8) is 0 Å². The van der Waals surface area contributed by atoms with Gasteiger partial charge in [-0.15, -0.1) is 0 Å². The van der Waals surface area contributed by atoms with Crippen LogP contribution in [-0.4, -0.2) is 10.2 Å². The first-order chi connectivity index (χ1) is 12.3. The van der Waals surface area contributed by atoms with E-state index in [-0.39, 0.29) is 0 Å². The van der Waals surface area contributed by atoms with Gasteiger partial charge in [0.2, 0.25) is 0 Å². The summed E-state index contributed by atoms with van der Waals surface area (Å²) in [6.07, 6.45) is -6.45. The Hall–Kier alpha value is -2.37. The minimum Gasteiger partial charge on any atom is -0.388 e. The Morgan fingerprint density at radius 2 is 1.27 bits per heavy atom. The van der Waals surface area contributed by atoms with Crippen LogP contribution in [0.25, 0.3) is 10.8 Å². The average Bonchev–Trinajstić information content (AvgIpc) is 2.65. The molecule has 0 spiro atoms. The lowest BCUT2D eigenvalue weighted by molar-refractivity contribution is -0.137. The van der Waals surface area contributed by atoms with Crippen molar-refractivity contribution in [3.8, 4) is 0 Å². The number of hydrogen-bond acceptors (Lipinski definition) is 2. The smallest absolute Gasteiger partial charge is 0.388 e. The van der Waals surface area contributed by atoms with E-state index >= 15 is 0 Å². The van der Waals surface area contributed by atoms with Gasteiger partial charge in [0.1, 0.15) is 0 Å². The predicted octanol–water partition coefficient (Wildman–Crippen LogP) is 5.26. The summed E-state index contributed by atoms with van der Waals surface area (Å²) in [6, 6.07) is 17.6. The molecule has 0 unspecified atom stereocenters.